The molecule has 0 amide bonds. The molecule has 0 heterocycles. The molecule has 1 nitrogen and oxygen atoms in total. The highest BCUT2D eigenvalue weighted by molar-refractivity contribution is 9.10. The molecule has 0 aliphatic rings. The molecule has 0 bridgehead atoms. The molecule has 2 rings (SSSR count). The quantitative estimate of drug-likeness (QED) is 0.392. The van der Waals surface area contributed by atoms with Gasteiger partial charge in [0.1, 0.15) is 0 Å². The summed E-state index contributed by atoms with van der Waals surface area (Å²) in [5.74, 6) is 0. The lowest BCUT2D eigenvalue weighted by Gasteiger charge is -2.04. The molecule has 0 spiro atoms. The summed E-state index contributed by atoms with van der Waals surface area (Å²) < 4.78 is 1.15. The van der Waals surface area contributed by atoms with Gasteiger partial charge in [0.2, 0.25) is 0 Å². The average Bonchev–Trinajstić information content (AvgIpc) is 2.46. The number of aryl methyl sites for hydroxylation is 1. The van der Waals surface area contributed by atoms with E-state index in [0.717, 1.165) is 22.1 Å². The highest BCUT2D eigenvalue weighted by atomic mass is 79.9. The maximum atomic E-state index is 5.70. The first-order chi connectivity index (χ1) is 10.2. The van der Waals surface area contributed by atoms with Gasteiger partial charge in [0.05, 0.1) is 0 Å². The fraction of sp³-hybridized carbons (Fsp3) is 0.263. The molecular formula is C19H22BrN. The largest absolute Gasteiger partial charge is 0.399 e. The van der Waals surface area contributed by atoms with Gasteiger partial charge in [-0.1, -0.05) is 66.0 Å². The van der Waals surface area contributed by atoms with Crippen LogP contribution in [0.15, 0.2) is 46.9 Å². The second-order valence-corrected chi connectivity index (χ2v) is 6.27. The van der Waals surface area contributed by atoms with Crippen molar-refractivity contribution in [1.82, 2.24) is 0 Å². The molecule has 0 atom stereocenters. The summed E-state index contributed by atoms with van der Waals surface area (Å²) in [6.45, 7) is 2.24. The Labute approximate surface area is 136 Å². The standard InChI is InChI=1S/C19H22BrN/c1-2-3-4-5-16-12-17(14-18(20)13-16)7-6-15-8-10-19(21)11-9-15/h6-14H,2-5,21H2,1H3/b7-6+. The van der Waals surface area contributed by atoms with Crippen LogP contribution in [0.1, 0.15) is 42.9 Å². The van der Waals surface area contributed by atoms with E-state index in [4.69, 9.17) is 5.73 Å². The molecule has 0 radical (unpaired) electrons. The van der Waals surface area contributed by atoms with Crippen molar-refractivity contribution in [1.29, 1.82) is 0 Å². The third-order valence-electron chi connectivity index (χ3n) is 3.45. The summed E-state index contributed by atoms with van der Waals surface area (Å²) in [5.41, 5.74) is 10.3. The van der Waals surface area contributed by atoms with E-state index in [1.807, 2.05) is 24.3 Å². The van der Waals surface area contributed by atoms with Crippen LogP contribution >= 0.6 is 15.9 Å². The zero-order chi connectivity index (χ0) is 15.1. The van der Waals surface area contributed by atoms with Crippen LogP contribution < -0.4 is 5.73 Å². The van der Waals surface area contributed by atoms with E-state index < -0.39 is 0 Å². The molecule has 0 saturated carbocycles. The molecule has 2 aromatic rings. The molecule has 21 heavy (non-hydrogen) atoms. The zero-order valence-corrected chi connectivity index (χ0v) is 14.1. The predicted octanol–water partition coefficient (Wildman–Crippen LogP) is 5.93. The van der Waals surface area contributed by atoms with Gasteiger partial charge in [-0.3, -0.25) is 0 Å². The van der Waals surface area contributed by atoms with Gasteiger partial charge in [-0.15, -0.1) is 0 Å². The SMILES string of the molecule is CCCCCc1cc(Br)cc(/C=C/c2ccc(N)cc2)c1. The van der Waals surface area contributed by atoms with Crippen molar-refractivity contribution in [3.63, 3.8) is 0 Å². The number of hydrogen-bond donors (Lipinski definition) is 1. The van der Waals surface area contributed by atoms with Crippen molar-refractivity contribution in [3.05, 3.63) is 63.6 Å². The number of benzene rings is 2. The van der Waals surface area contributed by atoms with Gasteiger partial charge in [0.15, 0.2) is 0 Å². The zero-order valence-electron chi connectivity index (χ0n) is 12.5. The number of nitrogens with two attached hydrogens (primary N) is 1. The number of hydrogen-bond acceptors (Lipinski definition) is 1. The Morgan fingerprint density at radius 1 is 0.952 bits per heavy atom. The van der Waals surface area contributed by atoms with Gasteiger partial charge in [-0.2, -0.15) is 0 Å². The van der Waals surface area contributed by atoms with Gasteiger partial charge in [-0.05, 0) is 53.8 Å². The van der Waals surface area contributed by atoms with Crippen LogP contribution in [0.2, 0.25) is 0 Å². The van der Waals surface area contributed by atoms with E-state index in [9.17, 15) is 0 Å². The Balaban J connectivity index is 2.10. The van der Waals surface area contributed by atoms with Crippen LogP contribution in [0.3, 0.4) is 0 Å². The van der Waals surface area contributed by atoms with E-state index in [-0.39, 0.29) is 0 Å². The maximum absolute atomic E-state index is 5.70. The second-order valence-electron chi connectivity index (χ2n) is 5.35. The molecule has 2 N–H and O–H groups in total. The number of rotatable bonds is 6. The van der Waals surface area contributed by atoms with E-state index in [1.54, 1.807) is 0 Å². The normalized spacial score (nSPS) is 11.1. The van der Waals surface area contributed by atoms with Gasteiger partial charge in [0.25, 0.3) is 0 Å². The molecule has 0 aliphatic heterocycles. The van der Waals surface area contributed by atoms with Crippen LogP contribution in [0.25, 0.3) is 12.2 Å². The minimum absolute atomic E-state index is 0.799. The molecule has 0 saturated heterocycles. The van der Waals surface area contributed by atoms with Crippen LogP contribution in [-0.2, 0) is 6.42 Å². The Morgan fingerprint density at radius 3 is 2.38 bits per heavy atom. The van der Waals surface area contributed by atoms with Gasteiger partial charge >= 0.3 is 0 Å². The number of halogens is 1. The lowest BCUT2D eigenvalue weighted by molar-refractivity contribution is 0.717. The Hall–Kier alpha value is -1.54. The summed E-state index contributed by atoms with van der Waals surface area (Å²) in [6.07, 6.45) is 9.24. The van der Waals surface area contributed by atoms with Crippen molar-refractivity contribution in [2.24, 2.45) is 0 Å². The second kappa shape index (κ2) is 8.04. The topological polar surface area (TPSA) is 26.0 Å². The summed E-state index contributed by atoms with van der Waals surface area (Å²) in [7, 11) is 0. The van der Waals surface area contributed by atoms with Crippen LogP contribution in [0.5, 0.6) is 0 Å². The fourth-order valence-electron chi connectivity index (χ4n) is 2.29. The first-order valence-corrected chi connectivity index (χ1v) is 8.30. The lowest BCUT2D eigenvalue weighted by Crippen LogP contribution is -1.87. The molecule has 2 aromatic carbocycles. The van der Waals surface area contributed by atoms with Crippen molar-refractivity contribution >= 4 is 33.8 Å². The first-order valence-electron chi connectivity index (χ1n) is 7.50. The van der Waals surface area contributed by atoms with E-state index in [1.165, 1.54) is 30.4 Å². The minimum atomic E-state index is 0.799. The average molecular weight is 344 g/mol. The van der Waals surface area contributed by atoms with Crippen LogP contribution in [0.4, 0.5) is 5.69 Å². The monoisotopic (exact) mass is 343 g/mol. The van der Waals surface area contributed by atoms with Crippen molar-refractivity contribution < 1.29 is 0 Å². The van der Waals surface area contributed by atoms with Gasteiger partial charge in [0, 0.05) is 10.2 Å². The van der Waals surface area contributed by atoms with Crippen molar-refractivity contribution in [2.75, 3.05) is 5.73 Å². The van der Waals surface area contributed by atoms with Crippen molar-refractivity contribution in [2.45, 2.75) is 32.6 Å². The van der Waals surface area contributed by atoms with E-state index in [2.05, 4.69) is 53.2 Å². The van der Waals surface area contributed by atoms with Gasteiger partial charge < -0.3 is 5.73 Å². The van der Waals surface area contributed by atoms with Crippen LogP contribution in [0, 0.1) is 0 Å². The smallest absolute Gasteiger partial charge is 0.0314 e. The number of anilines is 1. The summed E-state index contributed by atoms with van der Waals surface area (Å²) in [5, 5.41) is 0. The number of nitrogen functional groups attached to an aromatic ring is 1. The summed E-state index contributed by atoms with van der Waals surface area (Å²) in [4.78, 5) is 0. The predicted molar refractivity (Wildman–Crippen MR) is 97.2 cm³/mol. The molecule has 0 fully saturated rings. The molecule has 2 heteroatoms. The minimum Gasteiger partial charge on any atom is -0.399 e. The molecule has 0 aliphatic carbocycles. The fourth-order valence-corrected chi connectivity index (χ4v) is 2.85. The first kappa shape index (κ1) is 15.8. The van der Waals surface area contributed by atoms with E-state index in [0.29, 0.717) is 0 Å². The van der Waals surface area contributed by atoms with Gasteiger partial charge in [-0.25, -0.2) is 0 Å². The summed E-state index contributed by atoms with van der Waals surface area (Å²) in [6, 6.07) is 14.6. The van der Waals surface area contributed by atoms with Crippen LogP contribution in [-0.4, -0.2) is 0 Å². The molecule has 0 unspecified atom stereocenters. The maximum Gasteiger partial charge on any atom is 0.0314 e. The lowest BCUT2D eigenvalue weighted by atomic mass is 10.0. The molecular weight excluding hydrogens is 322 g/mol. The Kier molecular flexibility index (Phi) is 6.06. The van der Waals surface area contributed by atoms with Crippen molar-refractivity contribution in [3.8, 4) is 0 Å². The molecule has 0 aromatic heterocycles. The molecule has 110 valence electrons. The number of unbranched alkanes of at least 4 members (excludes halogenated alkanes) is 2. The third-order valence-corrected chi connectivity index (χ3v) is 3.91. The third kappa shape index (κ3) is 5.39. The van der Waals surface area contributed by atoms with E-state index >= 15 is 0 Å². The highest BCUT2D eigenvalue weighted by Gasteiger charge is 1.98. The Bertz CT molecular complexity index is 599. The Morgan fingerprint density at radius 2 is 1.67 bits per heavy atom. The highest BCUT2D eigenvalue weighted by Crippen LogP contribution is 2.20. The summed E-state index contributed by atoms with van der Waals surface area (Å²) >= 11 is 3.61.